The first kappa shape index (κ1) is 11.2. The van der Waals surface area contributed by atoms with Crippen LogP contribution < -0.4 is 0 Å². The van der Waals surface area contributed by atoms with Crippen molar-refractivity contribution in [1.82, 2.24) is 0 Å². The Morgan fingerprint density at radius 1 is 0.667 bits per heavy atom. The highest BCUT2D eigenvalue weighted by Gasteiger charge is 3.07. The highest BCUT2D eigenvalue weighted by Crippen LogP contribution is 3.07. The molecule has 10 unspecified atom stereocenters. The number of alkyl halides is 2. The molecular formula is C19H22Cl2. The van der Waals surface area contributed by atoms with Crippen LogP contribution >= 0.6 is 23.2 Å². The minimum atomic E-state index is -0.316. The molecule has 8 aliphatic carbocycles. The summed E-state index contributed by atoms with van der Waals surface area (Å²) in [5, 5.41) is 0. The van der Waals surface area contributed by atoms with E-state index in [2.05, 4.69) is 0 Å². The summed E-state index contributed by atoms with van der Waals surface area (Å²) in [5.74, 6) is 10.3. The van der Waals surface area contributed by atoms with Crippen molar-refractivity contribution in [3.8, 4) is 0 Å². The van der Waals surface area contributed by atoms with Gasteiger partial charge in [-0.25, -0.2) is 0 Å². The zero-order valence-corrected chi connectivity index (χ0v) is 13.8. The minimum Gasteiger partial charge on any atom is -0.100 e. The molecule has 0 aromatic rings. The zero-order valence-electron chi connectivity index (χ0n) is 12.3. The summed E-state index contributed by atoms with van der Waals surface area (Å²) >= 11 is 14.5. The van der Waals surface area contributed by atoms with Gasteiger partial charge in [-0.15, -0.1) is 23.2 Å². The molecule has 0 nitrogen and oxygen atoms in total. The van der Waals surface area contributed by atoms with Gasteiger partial charge >= 0.3 is 0 Å². The van der Waals surface area contributed by atoms with E-state index >= 15 is 0 Å². The number of rotatable bonds is 0. The van der Waals surface area contributed by atoms with Crippen molar-refractivity contribution >= 4 is 23.2 Å². The van der Waals surface area contributed by atoms with E-state index in [9.17, 15) is 0 Å². The largest absolute Gasteiger partial charge is 0.131 e. The van der Waals surface area contributed by atoms with Gasteiger partial charge in [0.05, 0.1) is 0 Å². The summed E-state index contributed by atoms with van der Waals surface area (Å²) in [7, 11) is 0. The molecule has 2 heteroatoms. The average Bonchev–Trinajstić information content (AvgIpc) is 2.99. The number of halogens is 2. The summed E-state index contributed by atoms with van der Waals surface area (Å²) in [6, 6.07) is 0. The lowest BCUT2D eigenvalue weighted by Gasteiger charge is -2.49. The molecule has 0 radical (unpaired) electrons. The quantitative estimate of drug-likeness (QED) is 0.565. The predicted molar refractivity (Wildman–Crippen MR) is 81.9 cm³/mol. The molecule has 8 fully saturated rings. The lowest BCUT2D eigenvalue weighted by Crippen LogP contribution is -2.46. The Morgan fingerprint density at radius 3 is 2.10 bits per heavy atom. The lowest BCUT2D eigenvalue weighted by molar-refractivity contribution is -0.0226. The van der Waals surface area contributed by atoms with E-state index in [1.165, 1.54) is 25.7 Å². The molecule has 112 valence electrons. The van der Waals surface area contributed by atoms with Crippen LogP contribution in [-0.4, -0.2) is 4.33 Å². The van der Waals surface area contributed by atoms with E-state index < -0.39 is 0 Å². The maximum atomic E-state index is 7.25. The minimum absolute atomic E-state index is 0.316. The van der Waals surface area contributed by atoms with Crippen LogP contribution in [0.5, 0.6) is 0 Å². The average molecular weight is 321 g/mol. The molecule has 8 rings (SSSR count). The van der Waals surface area contributed by atoms with E-state index in [1.54, 1.807) is 12.8 Å². The zero-order chi connectivity index (χ0) is 13.5. The number of hydrogen-bond donors (Lipinski definition) is 0. The van der Waals surface area contributed by atoms with Crippen molar-refractivity contribution in [2.24, 2.45) is 70.0 Å². The first-order valence-corrected chi connectivity index (χ1v) is 10.3. The van der Waals surface area contributed by atoms with Crippen LogP contribution in [0.2, 0.25) is 0 Å². The molecule has 8 aliphatic rings. The van der Waals surface area contributed by atoms with Gasteiger partial charge in [-0.1, -0.05) is 12.8 Å². The topological polar surface area (TPSA) is 0 Å². The van der Waals surface area contributed by atoms with E-state index in [4.69, 9.17) is 23.2 Å². The van der Waals surface area contributed by atoms with Crippen LogP contribution in [-0.2, 0) is 0 Å². The Bertz CT molecular complexity index is 607. The Kier molecular flexibility index (Phi) is 1.41. The summed E-state index contributed by atoms with van der Waals surface area (Å²) in [5.41, 5.74) is 0.844. The van der Waals surface area contributed by atoms with Crippen molar-refractivity contribution in [3.63, 3.8) is 0 Å². The van der Waals surface area contributed by atoms with Crippen LogP contribution in [0.25, 0.3) is 0 Å². The van der Waals surface area contributed by atoms with Gasteiger partial charge in [0.2, 0.25) is 0 Å². The van der Waals surface area contributed by atoms with Gasteiger partial charge in [-0.3, -0.25) is 0 Å². The monoisotopic (exact) mass is 320 g/mol. The summed E-state index contributed by atoms with van der Waals surface area (Å²) in [4.78, 5) is 0. The van der Waals surface area contributed by atoms with E-state index in [0.29, 0.717) is 10.8 Å². The van der Waals surface area contributed by atoms with Crippen LogP contribution in [0.15, 0.2) is 0 Å². The molecule has 0 N–H and O–H groups in total. The third-order valence-corrected chi connectivity index (χ3v) is 12.2. The fraction of sp³-hybridized carbons (Fsp3) is 1.00. The fourth-order valence-electron chi connectivity index (χ4n) is 11.3. The summed E-state index contributed by atoms with van der Waals surface area (Å²) in [6.07, 6.45) is 8.95. The highest BCUT2D eigenvalue weighted by molar-refractivity contribution is 6.53. The van der Waals surface area contributed by atoms with Gasteiger partial charge in [-0.2, -0.15) is 0 Å². The fourth-order valence-corrected chi connectivity index (χ4v) is 12.9. The molecule has 0 amide bonds. The van der Waals surface area contributed by atoms with Crippen LogP contribution in [0.1, 0.15) is 38.5 Å². The molecule has 0 heterocycles. The second-order valence-electron chi connectivity index (χ2n) is 10.1. The van der Waals surface area contributed by atoms with E-state index in [1.807, 2.05) is 0 Å². The SMILES string of the molecule is ClC1(Cl)C2(C3C4CC5C6C4CC3C6C52)C12[C@@H]1CCCC[C@@H]12. The Labute approximate surface area is 136 Å². The van der Waals surface area contributed by atoms with Crippen molar-refractivity contribution < 1.29 is 0 Å². The van der Waals surface area contributed by atoms with Gasteiger partial charge < -0.3 is 0 Å². The molecule has 8 saturated carbocycles. The van der Waals surface area contributed by atoms with Gasteiger partial charge in [0.25, 0.3) is 0 Å². The molecular weight excluding hydrogens is 299 g/mol. The first-order valence-electron chi connectivity index (χ1n) is 9.57. The molecule has 12 atom stereocenters. The van der Waals surface area contributed by atoms with Gasteiger partial charge in [0.1, 0.15) is 4.33 Å². The summed E-state index contributed by atoms with van der Waals surface area (Å²) < 4.78 is -0.316. The van der Waals surface area contributed by atoms with Gasteiger partial charge in [-0.05, 0) is 84.9 Å². The lowest BCUT2D eigenvalue weighted by atomic mass is 9.55. The second kappa shape index (κ2) is 2.65. The Hall–Kier alpha value is 0.580. The smallest absolute Gasteiger partial charge is 0.100 e. The van der Waals surface area contributed by atoms with Gasteiger partial charge in [0.15, 0.2) is 0 Å². The van der Waals surface area contributed by atoms with Crippen molar-refractivity contribution in [2.75, 3.05) is 0 Å². The van der Waals surface area contributed by atoms with Crippen molar-refractivity contribution in [3.05, 3.63) is 0 Å². The number of hydrogen-bond acceptors (Lipinski definition) is 0. The molecule has 2 spiro atoms. The van der Waals surface area contributed by atoms with Crippen molar-refractivity contribution in [2.45, 2.75) is 42.9 Å². The maximum Gasteiger partial charge on any atom is 0.131 e. The molecule has 0 aromatic heterocycles. The molecule has 0 saturated heterocycles. The number of fused-ring (bicyclic) bond motifs is 8. The first-order chi connectivity index (χ1) is 10.2. The Balaban J connectivity index is 1.39. The second-order valence-corrected chi connectivity index (χ2v) is 11.5. The Morgan fingerprint density at radius 2 is 1.33 bits per heavy atom. The molecule has 0 aromatic carbocycles. The van der Waals surface area contributed by atoms with Crippen LogP contribution in [0.4, 0.5) is 0 Å². The van der Waals surface area contributed by atoms with Crippen LogP contribution in [0.3, 0.4) is 0 Å². The van der Waals surface area contributed by atoms with E-state index in [-0.39, 0.29) is 4.33 Å². The predicted octanol–water partition coefficient (Wildman–Crippen LogP) is 4.74. The molecule has 21 heavy (non-hydrogen) atoms. The molecule has 2 bridgehead atoms. The van der Waals surface area contributed by atoms with Crippen LogP contribution in [0, 0.1) is 70.0 Å². The third kappa shape index (κ3) is 0.675. The molecule has 0 aliphatic heterocycles. The standard InChI is InChI=1S/C19H22Cl2/c20-19(21)17(11-3-1-2-4-12(11)17)18(19)15-8-6-9-13-7(8)5-10(15)14(13)16(9)18/h7-16H,1-6H2/t7?,8?,9?,10?,11-,12+,13?,14?,15?,16?,17?,18?. The van der Waals surface area contributed by atoms with Crippen molar-refractivity contribution in [1.29, 1.82) is 0 Å². The highest BCUT2D eigenvalue weighted by atomic mass is 35.5. The normalized spacial score (nSPS) is 81.4. The third-order valence-electron chi connectivity index (χ3n) is 10.9. The van der Waals surface area contributed by atoms with Gasteiger partial charge in [0, 0.05) is 10.8 Å². The summed E-state index contributed by atoms with van der Waals surface area (Å²) in [6.45, 7) is 0. The maximum absolute atomic E-state index is 7.25. The van der Waals surface area contributed by atoms with E-state index in [0.717, 1.165) is 59.2 Å².